The third kappa shape index (κ3) is 2.17. The van der Waals surface area contributed by atoms with E-state index >= 15 is 0 Å². The Morgan fingerprint density at radius 1 is 0.679 bits per heavy atom. The SMILES string of the molecule is Clc1nc(-c2cccc3c2oc2ccccc23)c2c(ccc3ccccc32)n1. The summed E-state index contributed by atoms with van der Waals surface area (Å²) in [4.78, 5) is 9.09. The molecule has 4 heteroatoms. The normalized spacial score (nSPS) is 11.8. The van der Waals surface area contributed by atoms with Crippen LogP contribution in [-0.4, -0.2) is 9.97 Å². The molecule has 2 heterocycles. The molecule has 0 amide bonds. The lowest BCUT2D eigenvalue weighted by atomic mass is 9.99. The van der Waals surface area contributed by atoms with E-state index in [0.717, 1.165) is 54.9 Å². The van der Waals surface area contributed by atoms with E-state index in [-0.39, 0.29) is 5.28 Å². The molecule has 6 aromatic rings. The van der Waals surface area contributed by atoms with Gasteiger partial charge in [0, 0.05) is 21.7 Å². The van der Waals surface area contributed by atoms with Crippen LogP contribution in [0.1, 0.15) is 0 Å². The summed E-state index contributed by atoms with van der Waals surface area (Å²) < 4.78 is 6.24. The van der Waals surface area contributed by atoms with E-state index < -0.39 is 0 Å². The molecule has 0 N–H and O–H groups in total. The number of nitrogens with zero attached hydrogens (tertiary/aromatic N) is 2. The number of aromatic nitrogens is 2. The first kappa shape index (κ1) is 15.6. The van der Waals surface area contributed by atoms with Gasteiger partial charge in [-0.25, -0.2) is 9.97 Å². The highest BCUT2D eigenvalue weighted by Gasteiger charge is 2.17. The van der Waals surface area contributed by atoms with Crippen LogP contribution in [-0.2, 0) is 0 Å². The molecular formula is C24H13ClN2O. The standard InChI is InChI=1S/C24H13ClN2O/c25-24-26-19-13-12-14-6-1-2-7-15(14)21(19)22(27-24)18-10-5-9-17-16-8-3-4-11-20(16)28-23(17)18/h1-13H. The van der Waals surface area contributed by atoms with Crippen LogP contribution in [0.5, 0.6) is 0 Å². The highest BCUT2D eigenvalue weighted by molar-refractivity contribution is 6.29. The molecule has 132 valence electrons. The number of hydrogen-bond acceptors (Lipinski definition) is 3. The number of rotatable bonds is 1. The lowest BCUT2D eigenvalue weighted by Gasteiger charge is -2.10. The molecule has 28 heavy (non-hydrogen) atoms. The van der Waals surface area contributed by atoms with Crippen LogP contribution in [0.3, 0.4) is 0 Å². The van der Waals surface area contributed by atoms with Crippen molar-refractivity contribution in [1.82, 2.24) is 9.97 Å². The van der Waals surface area contributed by atoms with E-state index in [0.29, 0.717) is 0 Å². The van der Waals surface area contributed by atoms with Crippen molar-refractivity contribution in [1.29, 1.82) is 0 Å². The van der Waals surface area contributed by atoms with E-state index in [1.54, 1.807) is 0 Å². The van der Waals surface area contributed by atoms with E-state index in [1.807, 2.05) is 48.5 Å². The molecule has 0 saturated carbocycles. The number of furan rings is 1. The Kier molecular flexibility index (Phi) is 3.22. The molecule has 2 aromatic heterocycles. The van der Waals surface area contributed by atoms with Gasteiger partial charge in [-0.05, 0) is 40.6 Å². The highest BCUT2D eigenvalue weighted by Crippen LogP contribution is 2.39. The summed E-state index contributed by atoms with van der Waals surface area (Å²) in [5.74, 6) is 0. The zero-order valence-corrected chi connectivity index (χ0v) is 15.4. The van der Waals surface area contributed by atoms with Gasteiger partial charge in [-0.2, -0.15) is 0 Å². The van der Waals surface area contributed by atoms with Crippen molar-refractivity contribution < 1.29 is 4.42 Å². The number of halogens is 1. The summed E-state index contributed by atoms with van der Waals surface area (Å²) in [5.41, 5.74) is 4.20. The fraction of sp³-hybridized carbons (Fsp3) is 0. The average molecular weight is 381 g/mol. The van der Waals surface area contributed by atoms with Gasteiger partial charge in [0.1, 0.15) is 11.2 Å². The van der Waals surface area contributed by atoms with Crippen LogP contribution >= 0.6 is 11.6 Å². The van der Waals surface area contributed by atoms with Crippen molar-refractivity contribution >= 4 is 55.2 Å². The Morgan fingerprint density at radius 3 is 2.39 bits per heavy atom. The molecule has 0 aliphatic carbocycles. The number of fused-ring (bicyclic) bond motifs is 6. The van der Waals surface area contributed by atoms with Crippen molar-refractivity contribution in [3.8, 4) is 11.3 Å². The van der Waals surface area contributed by atoms with Gasteiger partial charge >= 0.3 is 0 Å². The van der Waals surface area contributed by atoms with Crippen molar-refractivity contribution in [2.45, 2.75) is 0 Å². The maximum atomic E-state index is 6.30. The Morgan fingerprint density at radius 2 is 1.46 bits per heavy atom. The summed E-state index contributed by atoms with van der Waals surface area (Å²) >= 11 is 6.30. The molecule has 0 fully saturated rings. The fourth-order valence-electron chi connectivity index (χ4n) is 4.00. The van der Waals surface area contributed by atoms with Gasteiger partial charge in [0.05, 0.1) is 11.2 Å². The number of hydrogen-bond donors (Lipinski definition) is 0. The molecule has 0 atom stereocenters. The number of para-hydroxylation sites is 2. The lowest BCUT2D eigenvalue weighted by molar-refractivity contribution is 0.670. The first-order chi connectivity index (χ1) is 13.8. The molecule has 0 unspecified atom stereocenters. The van der Waals surface area contributed by atoms with Crippen LogP contribution < -0.4 is 0 Å². The third-order valence-corrected chi connectivity index (χ3v) is 5.39. The molecule has 4 aromatic carbocycles. The van der Waals surface area contributed by atoms with Crippen molar-refractivity contribution in [3.63, 3.8) is 0 Å². The van der Waals surface area contributed by atoms with E-state index in [4.69, 9.17) is 16.0 Å². The molecule has 0 spiro atoms. The Labute approximate surface area is 165 Å². The molecule has 0 bridgehead atoms. The van der Waals surface area contributed by atoms with Crippen LogP contribution in [0.15, 0.2) is 83.3 Å². The summed E-state index contributed by atoms with van der Waals surface area (Å²) in [5, 5.41) is 5.60. The number of benzene rings is 4. The van der Waals surface area contributed by atoms with Gasteiger partial charge in [0.25, 0.3) is 0 Å². The van der Waals surface area contributed by atoms with Gasteiger partial charge in [-0.3, -0.25) is 0 Å². The fourth-order valence-corrected chi connectivity index (χ4v) is 4.18. The molecule has 6 rings (SSSR count). The van der Waals surface area contributed by atoms with Gasteiger partial charge < -0.3 is 4.42 Å². The second-order valence-corrected chi connectivity index (χ2v) is 7.14. The zero-order chi connectivity index (χ0) is 18.7. The minimum absolute atomic E-state index is 0.228. The topological polar surface area (TPSA) is 38.9 Å². The van der Waals surface area contributed by atoms with E-state index in [9.17, 15) is 0 Å². The van der Waals surface area contributed by atoms with Crippen LogP contribution in [0.25, 0.3) is 54.9 Å². The monoisotopic (exact) mass is 380 g/mol. The summed E-state index contributed by atoms with van der Waals surface area (Å²) in [7, 11) is 0. The molecule has 0 saturated heterocycles. The van der Waals surface area contributed by atoms with Gasteiger partial charge in [0.2, 0.25) is 5.28 Å². The van der Waals surface area contributed by atoms with Gasteiger partial charge in [-0.15, -0.1) is 0 Å². The Hall–Kier alpha value is -3.43. The second-order valence-electron chi connectivity index (χ2n) is 6.80. The maximum absolute atomic E-state index is 6.30. The molecule has 0 aliphatic heterocycles. The average Bonchev–Trinajstić information content (AvgIpc) is 3.11. The molecule has 3 nitrogen and oxygen atoms in total. The minimum Gasteiger partial charge on any atom is -0.455 e. The van der Waals surface area contributed by atoms with Crippen LogP contribution in [0.4, 0.5) is 0 Å². The van der Waals surface area contributed by atoms with Gasteiger partial charge in [0.15, 0.2) is 0 Å². The first-order valence-corrected chi connectivity index (χ1v) is 9.43. The van der Waals surface area contributed by atoms with E-state index in [1.165, 1.54) is 0 Å². The van der Waals surface area contributed by atoms with E-state index in [2.05, 4.69) is 40.3 Å². The summed E-state index contributed by atoms with van der Waals surface area (Å²) in [6, 6.07) is 26.5. The largest absolute Gasteiger partial charge is 0.455 e. The van der Waals surface area contributed by atoms with Crippen LogP contribution in [0.2, 0.25) is 5.28 Å². The molecule has 0 aliphatic rings. The zero-order valence-electron chi connectivity index (χ0n) is 14.7. The highest BCUT2D eigenvalue weighted by atomic mass is 35.5. The summed E-state index contributed by atoms with van der Waals surface area (Å²) in [6.45, 7) is 0. The minimum atomic E-state index is 0.228. The lowest BCUT2D eigenvalue weighted by Crippen LogP contribution is -1.93. The van der Waals surface area contributed by atoms with Crippen LogP contribution in [0, 0.1) is 0 Å². The molecular weight excluding hydrogens is 368 g/mol. The Balaban J connectivity index is 1.82. The Bertz CT molecular complexity index is 1530. The second kappa shape index (κ2) is 5.78. The maximum Gasteiger partial charge on any atom is 0.223 e. The molecule has 0 radical (unpaired) electrons. The summed E-state index contributed by atoms with van der Waals surface area (Å²) in [6.07, 6.45) is 0. The van der Waals surface area contributed by atoms with Crippen molar-refractivity contribution in [2.24, 2.45) is 0 Å². The van der Waals surface area contributed by atoms with Crippen molar-refractivity contribution in [2.75, 3.05) is 0 Å². The van der Waals surface area contributed by atoms with Crippen molar-refractivity contribution in [3.05, 3.63) is 84.1 Å². The third-order valence-electron chi connectivity index (χ3n) is 5.22. The predicted octanol–water partition coefficient (Wildman–Crippen LogP) is 7.00. The van der Waals surface area contributed by atoms with Gasteiger partial charge in [-0.1, -0.05) is 60.7 Å². The predicted molar refractivity (Wildman–Crippen MR) is 115 cm³/mol. The quantitative estimate of drug-likeness (QED) is 0.227. The first-order valence-electron chi connectivity index (χ1n) is 9.05. The smallest absolute Gasteiger partial charge is 0.223 e.